The molecule has 0 bridgehead atoms. The normalized spacial score (nSPS) is 10.1. The summed E-state index contributed by atoms with van der Waals surface area (Å²) in [5.74, 6) is 0. The molecule has 0 aliphatic carbocycles. The summed E-state index contributed by atoms with van der Waals surface area (Å²) in [5.41, 5.74) is 1.05. The van der Waals surface area contributed by atoms with Crippen molar-refractivity contribution in [3.63, 3.8) is 0 Å². The summed E-state index contributed by atoms with van der Waals surface area (Å²) in [7, 11) is -1.84. The molecule has 3 heteroatoms. The van der Waals surface area contributed by atoms with Gasteiger partial charge in [0.2, 0.25) is 0 Å². The van der Waals surface area contributed by atoms with Crippen molar-refractivity contribution in [3.8, 4) is 0 Å². The molecule has 5 aromatic rings. The van der Waals surface area contributed by atoms with E-state index in [4.69, 9.17) is 0 Å². The molecule has 162 valence electrons. The summed E-state index contributed by atoms with van der Waals surface area (Å²) < 4.78 is 0. The Morgan fingerprint density at radius 2 is 0.969 bits per heavy atom. The summed E-state index contributed by atoms with van der Waals surface area (Å²) >= 11 is 0. The number of rotatable bonds is 5. The van der Waals surface area contributed by atoms with Crippen LogP contribution in [0.25, 0.3) is 0 Å². The maximum atomic E-state index is 3.19. The minimum atomic E-state index is -1.84. The average Bonchev–Trinajstić information content (AvgIpc) is 3.56. The van der Waals surface area contributed by atoms with E-state index in [1.807, 2.05) is 0 Å². The molecule has 0 aromatic heterocycles. The van der Waals surface area contributed by atoms with Crippen molar-refractivity contribution in [3.05, 3.63) is 151 Å². The molecule has 5 rings (SSSR count). The van der Waals surface area contributed by atoms with Gasteiger partial charge in [0.15, 0.2) is 0 Å². The third kappa shape index (κ3) is 6.30. The van der Waals surface area contributed by atoms with E-state index in [2.05, 4.69) is 140 Å². The first kappa shape index (κ1) is 26.3. The molecule has 0 saturated heterocycles. The first-order chi connectivity index (χ1) is 14.9. The maximum Gasteiger partial charge on any atom is 2.00 e. The molecule has 0 nitrogen and oxygen atoms in total. The zero-order valence-electron chi connectivity index (χ0n) is 17.1. The largest absolute Gasteiger partial charge is 2.00 e. The van der Waals surface area contributed by atoms with Crippen LogP contribution in [-0.2, 0) is 23.2 Å². The Morgan fingerprint density at radius 3 is 1.28 bits per heavy atom. The topological polar surface area (TPSA) is 0 Å². The summed E-state index contributed by atoms with van der Waals surface area (Å²) in [6.45, 7) is 0. The maximum absolute atomic E-state index is 3.19. The van der Waals surface area contributed by atoms with Crippen molar-refractivity contribution in [2.45, 2.75) is 6.16 Å². The Morgan fingerprint density at radius 1 is 0.594 bits per heavy atom. The fraction of sp³-hybridized carbons (Fsp3) is 0.0345. The van der Waals surface area contributed by atoms with Crippen molar-refractivity contribution in [2.24, 2.45) is 0 Å². The third-order valence-corrected chi connectivity index (χ3v) is 9.16. The van der Waals surface area contributed by atoms with Gasteiger partial charge in [-0.2, -0.15) is 0 Å². The van der Waals surface area contributed by atoms with Gasteiger partial charge in [-0.05, 0) is 36.4 Å². The quantitative estimate of drug-likeness (QED) is 0.129. The molecule has 0 aliphatic rings. The predicted octanol–water partition coefficient (Wildman–Crippen LogP) is 1.71. The summed E-state index contributed by atoms with van der Waals surface area (Å²) in [6, 6.07) is 56.8. The van der Waals surface area contributed by atoms with E-state index < -0.39 is 7.26 Å². The fourth-order valence-corrected chi connectivity index (χ4v) is 7.63. The molecule has 0 heterocycles. The van der Waals surface area contributed by atoms with Crippen molar-refractivity contribution in [1.29, 1.82) is 0 Å². The monoisotopic (exact) mass is 580 g/mol. The standard InChI is InChI=1S/C24H17P.C5H.Fe.HI/c1-4-14-22(15-5-1)25(20-21-12-10-11-13-21,23-16-6-2-7-17-23)24-18-8-3-9-19-24;1-2-4-5-3-1;;/h1-9,14-19H,20H2;1H;;1H/q-4;-5;+2;/p-1. The molecule has 0 amide bonds. The van der Waals surface area contributed by atoms with Crippen LogP contribution in [0.2, 0.25) is 0 Å². The molecule has 0 atom stereocenters. The summed E-state index contributed by atoms with van der Waals surface area (Å²) in [4.78, 5) is 0. The number of halogens is 1. The van der Waals surface area contributed by atoms with Crippen LogP contribution in [0.15, 0.2) is 97.1 Å². The fourth-order valence-electron chi connectivity index (χ4n) is 3.51. The second-order valence-corrected chi connectivity index (χ2v) is 10.1. The molecule has 0 unspecified atom stereocenters. The van der Waals surface area contributed by atoms with E-state index in [9.17, 15) is 0 Å². The van der Waals surface area contributed by atoms with Crippen molar-refractivity contribution in [1.82, 2.24) is 0 Å². The number of hydrogen-bond acceptors (Lipinski definition) is 0. The molecule has 0 aliphatic heterocycles. The van der Waals surface area contributed by atoms with Gasteiger partial charge in [-0.1, -0.05) is 60.8 Å². The van der Waals surface area contributed by atoms with Gasteiger partial charge < -0.3 is 84.1 Å². The SMILES string of the molecule is [Fe+2].[I-].[c-]1[c-][c-][c-](C[P+](c2ccccc2)(c2ccccc2)c2ccccc2)[c-]1.[c-]1[c-][c-][cH-][c-]1. The Bertz CT molecular complexity index is 976. The zero-order chi connectivity index (χ0) is 20.5. The molecule has 0 spiro atoms. The Balaban J connectivity index is 0.000000460. The van der Waals surface area contributed by atoms with Gasteiger partial charge in [-0.3, -0.25) is 0 Å². The average molecular weight is 580 g/mol. The van der Waals surface area contributed by atoms with E-state index in [0.717, 1.165) is 11.7 Å². The molecular weight excluding hydrogens is 562 g/mol. The Kier molecular flexibility index (Phi) is 11.1. The van der Waals surface area contributed by atoms with Gasteiger partial charge in [0.05, 0.1) is 7.26 Å². The van der Waals surface area contributed by atoms with Crippen LogP contribution in [-0.4, -0.2) is 0 Å². The first-order valence-electron chi connectivity index (χ1n) is 9.65. The van der Waals surface area contributed by atoms with Crippen LogP contribution in [0.4, 0.5) is 0 Å². The summed E-state index contributed by atoms with van der Waals surface area (Å²) in [5, 5.41) is 4.11. The van der Waals surface area contributed by atoms with Gasteiger partial charge in [0.25, 0.3) is 0 Å². The zero-order valence-corrected chi connectivity index (χ0v) is 21.3. The second-order valence-electron chi connectivity index (χ2n) is 6.64. The van der Waals surface area contributed by atoms with Gasteiger partial charge >= 0.3 is 17.1 Å². The van der Waals surface area contributed by atoms with Crippen molar-refractivity contribution in [2.75, 3.05) is 0 Å². The molecule has 0 fully saturated rings. The minimum absolute atomic E-state index is 0. The Hall–Kier alpha value is -1.96. The van der Waals surface area contributed by atoms with E-state index >= 15 is 0 Å². The van der Waals surface area contributed by atoms with Crippen LogP contribution < -0.4 is 39.9 Å². The first-order valence-corrected chi connectivity index (χ1v) is 11.6. The van der Waals surface area contributed by atoms with Crippen molar-refractivity contribution >= 4 is 23.2 Å². The third-order valence-electron chi connectivity index (χ3n) is 4.83. The molecule has 0 N–H and O–H groups in total. The Labute approximate surface area is 220 Å². The molecule has 32 heavy (non-hydrogen) atoms. The van der Waals surface area contributed by atoms with Crippen LogP contribution in [0.3, 0.4) is 0 Å². The van der Waals surface area contributed by atoms with Gasteiger partial charge in [-0.15, -0.1) is 0 Å². The van der Waals surface area contributed by atoms with Crippen molar-refractivity contribution < 1.29 is 41.0 Å². The molecule has 0 radical (unpaired) electrons. The molecular formula is C29H18FeIP-8. The van der Waals surface area contributed by atoms with Gasteiger partial charge in [0, 0.05) is 0 Å². The molecule has 0 saturated carbocycles. The second kappa shape index (κ2) is 13.6. The van der Waals surface area contributed by atoms with Crippen LogP contribution in [0, 0.1) is 48.5 Å². The van der Waals surface area contributed by atoms with E-state index in [1.165, 1.54) is 15.9 Å². The van der Waals surface area contributed by atoms with Crippen LogP contribution in [0.1, 0.15) is 5.56 Å². The number of hydrogen-bond donors (Lipinski definition) is 0. The van der Waals surface area contributed by atoms with E-state index in [-0.39, 0.29) is 41.0 Å². The van der Waals surface area contributed by atoms with Crippen LogP contribution in [0.5, 0.6) is 0 Å². The van der Waals surface area contributed by atoms with Gasteiger partial charge in [0.1, 0.15) is 15.9 Å². The molecule has 5 aromatic carbocycles. The van der Waals surface area contributed by atoms with Crippen LogP contribution >= 0.6 is 7.26 Å². The van der Waals surface area contributed by atoms with Gasteiger partial charge in [-0.25, -0.2) is 0 Å². The minimum Gasteiger partial charge on any atom is -1.00 e. The smallest absolute Gasteiger partial charge is 1.00 e. The van der Waals surface area contributed by atoms with E-state index in [1.54, 1.807) is 6.07 Å². The predicted molar refractivity (Wildman–Crippen MR) is 124 cm³/mol. The number of benzene rings is 3. The summed E-state index contributed by atoms with van der Waals surface area (Å²) in [6.07, 6.45) is 0.880. The van der Waals surface area contributed by atoms with E-state index in [0.29, 0.717) is 0 Å².